The van der Waals surface area contributed by atoms with Crippen molar-refractivity contribution >= 4 is 34.4 Å². The molecule has 0 unspecified atom stereocenters. The summed E-state index contributed by atoms with van der Waals surface area (Å²) in [6.45, 7) is 5.93. The Kier molecular flexibility index (Phi) is 5.28. The Morgan fingerprint density at radius 1 is 1.17 bits per heavy atom. The van der Waals surface area contributed by atoms with Gasteiger partial charge in [-0.15, -0.1) is 0 Å². The lowest BCUT2D eigenvalue weighted by Gasteiger charge is -2.16. The summed E-state index contributed by atoms with van der Waals surface area (Å²) < 4.78 is 0. The van der Waals surface area contributed by atoms with Gasteiger partial charge >= 0.3 is 0 Å². The van der Waals surface area contributed by atoms with E-state index in [1.54, 1.807) is 19.1 Å². The minimum absolute atomic E-state index is 0.0698. The fourth-order valence-electron chi connectivity index (χ4n) is 2.28. The summed E-state index contributed by atoms with van der Waals surface area (Å²) in [4.78, 5) is 10.6. The van der Waals surface area contributed by atoms with Crippen molar-refractivity contribution in [3.05, 3.63) is 63.7 Å². The summed E-state index contributed by atoms with van der Waals surface area (Å²) in [6, 6.07) is 12.9. The molecule has 0 heterocycles. The first-order valence-electron chi connectivity index (χ1n) is 7.30. The number of nitro benzene ring substituents is 1. The maximum Gasteiger partial charge on any atom is 0.274 e. The van der Waals surface area contributed by atoms with Crippen molar-refractivity contribution in [3.8, 4) is 0 Å². The Balaban J connectivity index is 2.15. The molecule has 2 aromatic carbocycles. The maximum atomic E-state index is 11.0. The zero-order valence-corrected chi connectivity index (χ0v) is 14.1. The van der Waals surface area contributed by atoms with E-state index in [0.29, 0.717) is 22.3 Å². The van der Waals surface area contributed by atoms with E-state index >= 15 is 0 Å². The molecule has 2 rings (SSSR count). The summed E-state index contributed by atoms with van der Waals surface area (Å²) in [6.07, 6.45) is 0. The molecule has 0 aliphatic carbocycles. The van der Waals surface area contributed by atoms with Crippen molar-refractivity contribution in [1.82, 2.24) is 0 Å². The zero-order chi connectivity index (χ0) is 17.0. The molecule has 0 fully saturated rings. The topological polar surface area (TPSA) is 67.2 Å². The molecule has 0 spiro atoms. The first-order chi connectivity index (χ1) is 10.9. The van der Waals surface area contributed by atoms with Crippen LogP contribution in [0.15, 0.2) is 42.5 Å². The second kappa shape index (κ2) is 7.19. The molecule has 2 N–H and O–H groups in total. The quantitative estimate of drug-likeness (QED) is 0.477. The van der Waals surface area contributed by atoms with E-state index in [9.17, 15) is 10.1 Å². The summed E-state index contributed by atoms with van der Waals surface area (Å²) >= 11 is 5.31. The third-order valence-electron chi connectivity index (χ3n) is 3.49. The molecule has 0 radical (unpaired) electrons. The molecule has 0 atom stereocenters. The van der Waals surface area contributed by atoms with Gasteiger partial charge in [0.1, 0.15) is 0 Å². The van der Waals surface area contributed by atoms with E-state index in [-0.39, 0.29) is 5.69 Å². The number of anilines is 2. The summed E-state index contributed by atoms with van der Waals surface area (Å²) in [5.74, 6) is 0.363. The van der Waals surface area contributed by atoms with Gasteiger partial charge in [-0.2, -0.15) is 0 Å². The molecule has 6 heteroatoms. The van der Waals surface area contributed by atoms with Gasteiger partial charge in [-0.05, 0) is 42.8 Å². The van der Waals surface area contributed by atoms with Crippen LogP contribution >= 0.6 is 12.2 Å². The van der Waals surface area contributed by atoms with Gasteiger partial charge < -0.3 is 10.6 Å². The van der Waals surface area contributed by atoms with Crippen LogP contribution in [0.1, 0.15) is 30.9 Å². The van der Waals surface area contributed by atoms with Gasteiger partial charge in [0.05, 0.1) is 4.92 Å². The number of nitro groups is 1. The first kappa shape index (κ1) is 16.9. The number of para-hydroxylation sites is 1. The van der Waals surface area contributed by atoms with Crippen molar-refractivity contribution in [2.75, 3.05) is 10.6 Å². The van der Waals surface area contributed by atoms with E-state index in [1.165, 1.54) is 6.07 Å². The minimum Gasteiger partial charge on any atom is -0.332 e. The lowest BCUT2D eigenvalue weighted by molar-refractivity contribution is -0.385. The van der Waals surface area contributed by atoms with E-state index < -0.39 is 4.92 Å². The Morgan fingerprint density at radius 3 is 2.52 bits per heavy atom. The lowest BCUT2D eigenvalue weighted by atomic mass is 10.0. The summed E-state index contributed by atoms with van der Waals surface area (Å²) in [5.41, 5.74) is 3.36. The standard InChI is InChI=1S/C17H19N3O2S/c1-11(2)14-6-4-5-7-15(14)19-17(23)18-13-9-8-12(3)16(10-13)20(21)22/h4-11H,1-3H3,(H2,18,19,23). The smallest absolute Gasteiger partial charge is 0.274 e. The predicted octanol–water partition coefficient (Wildman–Crippen LogP) is 4.84. The Bertz CT molecular complexity index is 744. The monoisotopic (exact) mass is 329 g/mol. The van der Waals surface area contributed by atoms with Gasteiger partial charge in [0.2, 0.25) is 0 Å². The van der Waals surface area contributed by atoms with Crippen LogP contribution < -0.4 is 10.6 Å². The number of hydrogen-bond acceptors (Lipinski definition) is 3. The largest absolute Gasteiger partial charge is 0.332 e. The van der Waals surface area contributed by atoms with Crippen molar-refractivity contribution in [1.29, 1.82) is 0 Å². The molecule has 0 amide bonds. The average Bonchev–Trinajstić information content (AvgIpc) is 2.49. The van der Waals surface area contributed by atoms with Crippen LogP contribution in [0.5, 0.6) is 0 Å². The van der Waals surface area contributed by atoms with Crippen LogP contribution in [0.3, 0.4) is 0 Å². The van der Waals surface area contributed by atoms with Gasteiger partial charge in [-0.25, -0.2) is 0 Å². The summed E-state index contributed by atoms with van der Waals surface area (Å²) in [7, 11) is 0. The van der Waals surface area contributed by atoms with Crippen molar-refractivity contribution < 1.29 is 4.92 Å². The van der Waals surface area contributed by atoms with E-state index in [4.69, 9.17) is 12.2 Å². The molecule has 0 bridgehead atoms. The van der Waals surface area contributed by atoms with Crippen LogP contribution in [0.4, 0.5) is 17.1 Å². The predicted molar refractivity (Wildman–Crippen MR) is 98.2 cm³/mol. The molecular formula is C17H19N3O2S. The highest BCUT2D eigenvalue weighted by molar-refractivity contribution is 7.80. The average molecular weight is 329 g/mol. The molecule has 0 saturated heterocycles. The zero-order valence-electron chi connectivity index (χ0n) is 13.3. The SMILES string of the molecule is Cc1ccc(NC(=S)Nc2ccccc2C(C)C)cc1[N+](=O)[O-]. The normalized spacial score (nSPS) is 10.4. The molecule has 0 aromatic heterocycles. The number of nitrogens with zero attached hydrogens (tertiary/aromatic N) is 1. The molecule has 0 aliphatic rings. The number of thiocarbonyl (C=S) groups is 1. The number of rotatable bonds is 4. The number of hydrogen-bond donors (Lipinski definition) is 2. The fraction of sp³-hybridized carbons (Fsp3) is 0.235. The minimum atomic E-state index is -0.398. The van der Waals surface area contributed by atoms with Gasteiger partial charge in [-0.1, -0.05) is 38.1 Å². The molecular weight excluding hydrogens is 310 g/mol. The van der Waals surface area contributed by atoms with E-state index in [0.717, 1.165) is 11.3 Å². The third-order valence-corrected chi connectivity index (χ3v) is 3.70. The molecule has 5 nitrogen and oxygen atoms in total. The molecule has 0 aliphatic heterocycles. The molecule has 2 aromatic rings. The second-order valence-corrected chi connectivity index (χ2v) is 5.99. The highest BCUT2D eigenvalue weighted by Gasteiger charge is 2.12. The van der Waals surface area contributed by atoms with Gasteiger partial charge in [0.25, 0.3) is 5.69 Å². The molecule has 0 saturated carbocycles. The van der Waals surface area contributed by atoms with Gasteiger partial charge in [0.15, 0.2) is 5.11 Å². The van der Waals surface area contributed by atoms with Crippen LogP contribution in [0.2, 0.25) is 0 Å². The van der Waals surface area contributed by atoms with Crippen LogP contribution in [0, 0.1) is 17.0 Å². The maximum absolute atomic E-state index is 11.0. The number of nitrogens with one attached hydrogen (secondary N) is 2. The van der Waals surface area contributed by atoms with Crippen molar-refractivity contribution in [2.24, 2.45) is 0 Å². The number of benzene rings is 2. The van der Waals surface area contributed by atoms with E-state index in [1.807, 2.05) is 24.3 Å². The highest BCUT2D eigenvalue weighted by atomic mass is 32.1. The van der Waals surface area contributed by atoms with Gasteiger partial charge in [0, 0.05) is 23.0 Å². The van der Waals surface area contributed by atoms with Crippen molar-refractivity contribution in [3.63, 3.8) is 0 Å². The van der Waals surface area contributed by atoms with Crippen LogP contribution in [-0.2, 0) is 0 Å². The van der Waals surface area contributed by atoms with Crippen molar-refractivity contribution in [2.45, 2.75) is 26.7 Å². The highest BCUT2D eigenvalue weighted by Crippen LogP contribution is 2.25. The fourth-order valence-corrected chi connectivity index (χ4v) is 2.51. The van der Waals surface area contributed by atoms with Crippen LogP contribution in [-0.4, -0.2) is 10.0 Å². The number of aryl methyl sites for hydroxylation is 1. The summed E-state index contributed by atoms with van der Waals surface area (Å²) in [5, 5.41) is 17.5. The second-order valence-electron chi connectivity index (χ2n) is 5.58. The van der Waals surface area contributed by atoms with E-state index in [2.05, 4.69) is 24.5 Å². The molecule has 120 valence electrons. The Hall–Kier alpha value is -2.47. The first-order valence-corrected chi connectivity index (χ1v) is 7.71. The molecule has 23 heavy (non-hydrogen) atoms. The van der Waals surface area contributed by atoms with Crippen LogP contribution in [0.25, 0.3) is 0 Å². The van der Waals surface area contributed by atoms with Gasteiger partial charge in [-0.3, -0.25) is 10.1 Å². The lowest BCUT2D eigenvalue weighted by Crippen LogP contribution is -2.20. The third kappa shape index (κ3) is 4.26. The Labute approximate surface area is 140 Å². The Morgan fingerprint density at radius 2 is 1.87 bits per heavy atom.